The highest BCUT2D eigenvalue weighted by Gasteiger charge is 1.86. The first-order valence-corrected chi connectivity index (χ1v) is 3.01. The Hall–Kier alpha value is 0.110. The molecule has 0 amide bonds. The van der Waals surface area contributed by atoms with E-state index in [1.807, 2.05) is 0 Å². The van der Waals surface area contributed by atoms with Crippen molar-refractivity contribution in [1.82, 2.24) is 0 Å². The summed E-state index contributed by atoms with van der Waals surface area (Å²) in [5, 5.41) is 0.528. The van der Waals surface area contributed by atoms with Crippen LogP contribution in [0.3, 0.4) is 0 Å². The Morgan fingerprint density at radius 3 is 2.43 bits per heavy atom. The molecule has 0 bridgehead atoms. The summed E-state index contributed by atoms with van der Waals surface area (Å²) in [4.78, 5) is 0. The average molecular weight is 168 g/mol. The fourth-order valence-electron chi connectivity index (χ4n) is 0.128. The van der Waals surface area contributed by atoms with Crippen molar-refractivity contribution in [2.45, 2.75) is 0 Å². The second-order valence-electron chi connectivity index (χ2n) is 1.11. The van der Waals surface area contributed by atoms with Crippen LogP contribution in [0.1, 0.15) is 0 Å². The molecule has 0 spiro atoms. The number of nitrogens with two attached hydrogens (primary N) is 1. The minimum atomic E-state index is 0.293. The Morgan fingerprint density at radius 2 is 2.43 bits per heavy atom. The molecule has 0 heterocycles. The first-order chi connectivity index (χ1) is 3.35. The van der Waals surface area contributed by atoms with Gasteiger partial charge in [-0.05, 0) is 5.57 Å². The van der Waals surface area contributed by atoms with Crippen LogP contribution >= 0.6 is 15.9 Å². The van der Waals surface area contributed by atoms with Crippen molar-refractivity contribution in [3.05, 3.63) is 11.9 Å². The topological polar surface area (TPSA) is 26.0 Å². The molecular weight excluding hydrogens is 161 g/mol. The molecule has 0 radical (unpaired) electrons. The number of rotatable bonds is 2. The molecule has 42 valence electrons. The Kier molecular flexibility index (Phi) is 4.34. The van der Waals surface area contributed by atoms with Crippen molar-refractivity contribution in [2.75, 3.05) is 11.9 Å². The van der Waals surface area contributed by atoms with Crippen LogP contribution in [-0.2, 0) is 0 Å². The van der Waals surface area contributed by atoms with Gasteiger partial charge in [-0.2, -0.15) is 0 Å². The summed E-state index contributed by atoms with van der Waals surface area (Å²) >= 11 is 3.05. The minimum absolute atomic E-state index is 0.293. The fourth-order valence-corrected chi connectivity index (χ4v) is 0.480. The zero-order valence-corrected chi connectivity index (χ0v) is 5.41. The molecule has 7 heavy (non-hydrogen) atoms. The van der Waals surface area contributed by atoms with Crippen LogP contribution in [0.2, 0.25) is 0 Å². The van der Waals surface area contributed by atoms with E-state index in [1.165, 1.54) is 0 Å². The summed E-state index contributed by atoms with van der Waals surface area (Å²) in [6.07, 6.45) is 0.523. The molecule has 1 nitrogen and oxygen atoms in total. The van der Waals surface area contributed by atoms with E-state index in [9.17, 15) is 4.39 Å². The normalized spacial score (nSPS) is 12.1. The van der Waals surface area contributed by atoms with E-state index in [0.29, 0.717) is 23.8 Å². The van der Waals surface area contributed by atoms with Gasteiger partial charge in [0.1, 0.15) is 0 Å². The molecule has 0 aromatic carbocycles. The second-order valence-corrected chi connectivity index (χ2v) is 1.67. The van der Waals surface area contributed by atoms with Crippen LogP contribution in [-0.4, -0.2) is 11.9 Å². The smallest absolute Gasteiger partial charge is 0.0880 e. The van der Waals surface area contributed by atoms with Crippen LogP contribution in [0.4, 0.5) is 4.39 Å². The molecule has 0 aliphatic heterocycles. The van der Waals surface area contributed by atoms with Crippen molar-refractivity contribution in [3.63, 3.8) is 0 Å². The maximum absolute atomic E-state index is 11.4. The van der Waals surface area contributed by atoms with Gasteiger partial charge in [-0.15, -0.1) is 0 Å². The van der Waals surface area contributed by atoms with Crippen LogP contribution in [0.15, 0.2) is 11.9 Å². The van der Waals surface area contributed by atoms with Crippen molar-refractivity contribution >= 4 is 15.9 Å². The highest BCUT2D eigenvalue weighted by atomic mass is 79.9. The van der Waals surface area contributed by atoms with Gasteiger partial charge in [0.25, 0.3) is 0 Å². The molecule has 0 rings (SSSR count). The summed E-state index contributed by atoms with van der Waals surface area (Å²) < 4.78 is 11.4. The molecule has 0 fully saturated rings. The van der Waals surface area contributed by atoms with E-state index in [1.54, 1.807) is 0 Å². The van der Waals surface area contributed by atoms with Gasteiger partial charge >= 0.3 is 0 Å². The highest BCUT2D eigenvalue weighted by Crippen LogP contribution is 1.95. The molecule has 0 aromatic heterocycles. The van der Waals surface area contributed by atoms with E-state index in [-0.39, 0.29) is 0 Å². The van der Waals surface area contributed by atoms with Gasteiger partial charge in [-0.1, -0.05) is 15.9 Å². The Labute approximate surface area is 50.5 Å². The molecule has 0 saturated carbocycles. The lowest BCUT2D eigenvalue weighted by atomic mass is 10.4. The van der Waals surface area contributed by atoms with Gasteiger partial charge in [-0.25, -0.2) is 4.39 Å². The van der Waals surface area contributed by atoms with Crippen LogP contribution in [0, 0.1) is 0 Å². The Bertz CT molecular complexity index is 66.1. The molecule has 0 saturated heterocycles. The summed E-state index contributed by atoms with van der Waals surface area (Å²) in [6.45, 7) is 0.293. The van der Waals surface area contributed by atoms with Gasteiger partial charge in [0, 0.05) is 11.9 Å². The number of hydrogen-bond donors (Lipinski definition) is 1. The number of halogens is 2. The van der Waals surface area contributed by atoms with Gasteiger partial charge in [0.2, 0.25) is 0 Å². The van der Waals surface area contributed by atoms with E-state index in [2.05, 4.69) is 15.9 Å². The first-order valence-electron chi connectivity index (χ1n) is 1.89. The van der Waals surface area contributed by atoms with Gasteiger partial charge in [0.15, 0.2) is 0 Å². The summed E-state index contributed by atoms with van der Waals surface area (Å²) in [5.74, 6) is 0. The zero-order valence-electron chi connectivity index (χ0n) is 3.82. The van der Waals surface area contributed by atoms with E-state index >= 15 is 0 Å². The van der Waals surface area contributed by atoms with Crippen LogP contribution in [0.5, 0.6) is 0 Å². The lowest BCUT2D eigenvalue weighted by molar-refractivity contribution is 0.706. The molecule has 0 aliphatic rings. The maximum Gasteiger partial charge on any atom is 0.0880 e. The number of alkyl halides is 1. The molecule has 0 unspecified atom stereocenters. The molecule has 2 N–H and O–H groups in total. The molecular formula is C4H7BrFN. The van der Waals surface area contributed by atoms with Crippen molar-refractivity contribution in [3.8, 4) is 0 Å². The fraction of sp³-hybridized carbons (Fsp3) is 0.500. The van der Waals surface area contributed by atoms with Crippen molar-refractivity contribution < 1.29 is 4.39 Å². The monoisotopic (exact) mass is 167 g/mol. The predicted molar refractivity (Wildman–Crippen MR) is 32.0 cm³/mol. The van der Waals surface area contributed by atoms with Gasteiger partial charge in [-0.3, -0.25) is 0 Å². The van der Waals surface area contributed by atoms with Crippen molar-refractivity contribution in [2.24, 2.45) is 5.73 Å². The zero-order chi connectivity index (χ0) is 5.70. The minimum Gasteiger partial charge on any atom is -0.327 e. The molecule has 0 aromatic rings. The third kappa shape index (κ3) is 2.76. The predicted octanol–water partition coefficient (Wildman–Crippen LogP) is 1.19. The van der Waals surface area contributed by atoms with Crippen LogP contribution < -0.4 is 5.73 Å². The standard InChI is InChI=1S/C4H7BrFN/c5-1-4(2-6)3-7/h2H,1,3,7H2. The summed E-state index contributed by atoms with van der Waals surface area (Å²) in [6, 6.07) is 0. The van der Waals surface area contributed by atoms with E-state index in [0.717, 1.165) is 0 Å². The molecule has 3 heteroatoms. The van der Waals surface area contributed by atoms with Crippen LogP contribution in [0.25, 0.3) is 0 Å². The first kappa shape index (κ1) is 7.11. The van der Waals surface area contributed by atoms with Gasteiger partial charge in [0.05, 0.1) is 6.33 Å². The maximum atomic E-state index is 11.4. The largest absolute Gasteiger partial charge is 0.327 e. The molecule has 0 aliphatic carbocycles. The SMILES string of the molecule is NCC(=CF)CBr. The summed E-state index contributed by atoms with van der Waals surface area (Å²) in [5.41, 5.74) is 5.64. The molecule has 0 atom stereocenters. The lowest BCUT2D eigenvalue weighted by Gasteiger charge is -1.89. The average Bonchev–Trinajstić information content (AvgIpc) is 1.72. The third-order valence-corrected chi connectivity index (χ3v) is 1.31. The Morgan fingerprint density at radius 1 is 1.86 bits per heavy atom. The third-order valence-electron chi connectivity index (χ3n) is 0.588. The van der Waals surface area contributed by atoms with E-state index < -0.39 is 0 Å². The Balaban J connectivity index is 3.38. The second kappa shape index (κ2) is 4.27. The highest BCUT2D eigenvalue weighted by molar-refractivity contribution is 9.09. The van der Waals surface area contributed by atoms with E-state index in [4.69, 9.17) is 5.73 Å². The summed E-state index contributed by atoms with van der Waals surface area (Å²) in [7, 11) is 0. The quantitative estimate of drug-likeness (QED) is 0.615. The van der Waals surface area contributed by atoms with Crippen molar-refractivity contribution in [1.29, 1.82) is 0 Å². The lowest BCUT2D eigenvalue weighted by Crippen LogP contribution is -2.02. The van der Waals surface area contributed by atoms with Gasteiger partial charge < -0.3 is 5.73 Å². The number of hydrogen-bond acceptors (Lipinski definition) is 1.